The standard InChI is InChI=1S/C30H28N4O4/c1-20-8-10-22(11-9-20)30-25(19-33(32-30)23-6-4-3-5-7-23)26-18-27(21-12-14-24(38-2)15-13-21)34(31-26)28(35)16-17-29(36)37/h3-15,18-19,27,31H,16-17H2,1-2H3,(H,36,37)/t27-/m1/s1. The van der Waals surface area contributed by atoms with Crippen LogP contribution >= 0.6 is 0 Å². The first kappa shape index (κ1) is 24.8. The molecule has 1 aromatic heterocycles. The number of carbonyl (C=O) groups excluding carboxylic acids is 1. The summed E-state index contributed by atoms with van der Waals surface area (Å²) in [6.07, 6.45) is 3.55. The number of aliphatic carboxylic acids is 1. The fourth-order valence-electron chi connectivity index (χ4n) is 4.43. The fraction of sp³-hybridized carbons (Fsp3) is 0.167. The SMILES string of the molecule is COc1ccc([C@H]2C=C(c3cn(-c4ccccc4)nc3-c3ccc(C)cc3)NN2C(=O)CCC(=O)O)cc1. The predicted octanol–water partition coefficient (Wildman–Crippen LogP) is 5.15. The number of nitrogens with zero attached hydrogens (tertiary/aromatic N) is 3. The average molecular weight is 509 g/mol. The number of nitrogens with one attached hydrogen (secondary N) is 1. The molecule has 0 radical (unpaired) electrons. The smallest absolute Gasteiger partial charge is 0.303 e. The Hall–Kier alpha value is -4.85. The van der Waals surface area contributed by atoms with E-state index in [1.807, 2.05) is 103 Å². The van der Waals surface area contributed by atoms with E-state index in [1.165, 1.54) is 5.01 Å². The molecular formula is C30H28N4O4. The van der Waals surface area contributed by atoms with Gasteiger partial charge in [0.15, 0.2) is 0 Å². The highest BCUT2D eigenvalue weighted by Crippen LogP contribution is 2.36. The largest absolute Gasteiger partial charge is 0.497 e. The van der Waals surface area contributed by atoms with Crippen molar-refractivity contribution in [1.82, 2.24) is 20.2 Å². The van der Waals surface area contributed by atoms with Crippen molar-refractivity contribution < 1.29 is 19.4 Å². The molecule has 8 nitrogen and oxygen atoms in total. The summed E-state index contributed by atoms with van der Waals surface area (Å²) in [5, 5.41) is 15.6. The molecule has 0 fully saturated rings. The van der Waals surface area contributed by atoms with Crippen molar-refractivity contribution in [3.63, 3.8) is 0 Å². The molecule has 38 heavy (non-hydrogen) atoms. The number of carboxylic acids is 1. The van der Waals surface area contributed by atoms with Crippen LogP contribution in [0.4, 0.5) is 0 Å². The van der Waals surface area contributed by atoms with Gasteiger partial charge >= 0.3 is 5.97 Å². The molecule has 8 heteroatoms. The Labute approximate surface area is 220 Å². The van der Waals surface area contributed by atoms with E-state index in [0.29, 0.717) is 11.4 Å². The second-order valence-electron chi connectivity index (χ2n) is 9.11. The average Bonchev–Trinajstić information content (AvgIpc) is 3.58. The van der Waals surface area contributed by atoms with Gasteiger partial charge in [-0.25, -0.2) is 9.69 Å². The van der Waals surface area contributed by atoms with Crippen LogP contribution in [0.25, 0.3) is 22.6 Å². The first-order valence-electron chi connectivity index (χ1n) is 12.3. The van der Waals surface area contributed by atoms with Crippen molar-refractivity contribution in [2.24, 2.45) is 0 Å². The summed E-state index contributed by atoms with van der Waals surface area (Å²) in [4.78, 5) is 24.3. The minimum absolute atomic E-state index is 0.121. The Balaban J connectivity index is 1.58. The van der Waals surface area contributed by atoms with E-state index in [0.717, 1.165) is 33.6 Å². The third kappa shape index (κ3) is 5.15. The number of ether oxygens (including phenoxy) is 1. The second kappa shape index (κ2) is 10.6. The molecule has 2 N–H and O–H groups in total. The van der Waals surface area contributed by atoms with E-state index in [9.17, 15) is 9.59 Å². The van der Waals surface area contributed by atoms with Gasteiger partial charge in [0.05, 0.1) is 31.0 Å². The minimum Gasteiger partial charge on any atom is -0.497 e. The lowest BCUT2D eigenvalue weighted by atomic mass is 10.0. The molecule has 0 unspecified atom stereocenters. The molecule has 0 saturated heterocycles. The van der Waals surface area contributed by atoms with E-state index in [4.69, 9.17) is 14.9 Å². The van der Waals surface area contributed by atoms with E-state index < -0.39 is 12.0 Å². The lowest BCUT2D eigenvalue weighted by molar-refractivity contribution is -0.142. The number of aromatic nitrogens is 2. The number of hydrogen-bond donors (Lipinski definition) is 2. The molecule has 0 spiro atoms. The fourth-order valence-corrected chi connectivity index (χ4v) is 4.43. The predicted molar refractivity (Wildman–Crippen MR) is 144 cm³/mol. The van der Waals surface area contributed by atoms with Crippen LogP contribution in [0.15, 0.2) is 91.1 Å². The van der Waals surface area contributed by atoms with Crippen molar-refractivity contribution in [3.05, 3.63) is 108 Å². The highest BCUT2D eigenvalue weighted by molar-refractivity contribution is 5.86. The van der Waals surface area contributed by atoms with Gasteiger partial charge in [0, 0.05) is 23.7 Å². The van der Waals surface area contributed by atoms with Crippen LogP contribution in [0.2, 0.25) is 0 Å². The Kier molecular flexibility index (Phi) is 6.95. The maximum absolute atomic E-state index is 13.2. The maximum atomic E-state index is 13.2. The number of amides is 1. The Bertz CT molecular complexity index is 1480. The maximum Gasteiger partial charge on any atom is 0.303 e. The summed E-state index contributed by atoms with van der Waals surface area (Å²) in [7, 11) is 1.60. The highest BCUT2D eigenvalue weighted by atomic mass is 16.5. The molecule has 1 aliphatic heterocycles. The molecular weight excluding hydrogens is 480 g/mol. The number of hydrazine groups is 1. The first-order chi connectivity index (χ1) is 18.4. The van der Waals surface area contributed by atoms with Gasteiger partial charge in [-0.1, -0.05) is 60.2 Å². The van der Waals surface area contributed by atoms with Crippen LogP contribution in [-0.4, -0.2) is 38.9 Å². The molecule has 3 aromatic carbocycles. The molecule has 1 atom stereocenters. The number of aryl methyl sites for hydroxylation is 1. The Morgan fingerprint density at radius 1 is 0.974 bits per heavy atom. The number of carboxylic acid groups (broad SMARTS) is 1. The van der Waals surface area contributed by atoms with Gasteiger partial charge in [-0.3, -0.25) is 15.0 Å². The Morgan fingerprint density at radius 2 is 1.68 bits per heavy atom. The van der Waals surface area contributed by atoms with Gasteiger partial charge < -0.3 is 9.84 Å². The normalized spacial score (nSPS) is 14.6. The zero-order valence-electron chi connectivity index (χ0n) is 21.2. The summed E-state index contributed by atoms with van der Waals surface area (Å²) in [6, 6.07) is 25.0. The molecule has 1 amide bonds. The van der Waals surface area contributed by atoms with Gasteiger partial charge in [-0.05, 0) is 42.8 Å². The number of hydrogen-bond acceptors (Lipinski definition) is 5. The molecule has 4 aromatic rings. The van der Waals surface area contributed by atoms with E-state index in [1.54, 1.807) is 7.11 Å². The topological polar surface area (TPSA) is 96.7 Å². The monoisotopic (exact) mass is 508 g/mol. The first-order valence-corrected chi connectivity index (χ1v) is 12.3. The summed E-state index contributed by atoms with van der Waals surface area (Å²) in [6.45, 7) is 2.04. The van der Waals surface area contributed by atoms with Crippen LogP contribution < -0.4 is 10.2 Å². The molecule has 0 saturated carbocycles. The number of benzene rings is 3. The molecule has 2 heterocycles. The van der Waals surface area contributed by atoms with Gasteiger partial charge in [0.1, 0.15) is 11.4 Å². The summed E-state index contributed by atoms with van der Waals surface area (Å²) in [5.74, 6) is -0.622. The van der Waals surface area contributed by atoms with Gasteiger partial charge in [-0.2, -0.15) is 5.10 Å². The quantitative estimate of drug-likeness (QED) is 0.342. The summed E-state index contributed by atoms with van der Waals surface area (Å²) < 4.78 is 7.12. The van der Waals surface area contributed by atoms with Crippen molar-refractivity contribution >= 4 is 17.6 Å². The molecule has 0 bridgehead atoms. The van der Waals surface area contributed by atoms with E-state index >= 15 is 0 Å². The van der Waals surface area contributed by atoms with Crippen LogP contribution in [0.1, 0.15) is 35.6 Å². The number of carbonyl (C=O) groups is 2. The van der Waals surface area contributed by atoms with E-state index in [-0.39, 0.29) is 18.7 Å². The third-order valence-corrected chi connectivity index (χ3v) is 6.47. The second-order valence-corrected chi connectivity index (χ2v) is 9.11. The Morgan fingerprint density at radius 3 is 2.34 bits per heavy atom. The zero-order chi connectivity index (χ0) is 26.6. The van der Waals surface area contributed by atoms with E-state index in [2.05, 4.69) is 5.43 Å². The van der Waals surface area contributed by atoms with Crippen LogP contribution in [0.5, 0.6) is 5.75 Å². The highest BCUT2D eigenvalue weighted by Gasteiger charge is 2.32. The molecule has 192 valence electrons. The number of methoxy groups -OCH3 is 1. The van der Waals surface area contributed by atoms with Gasteiger partial charge in [0.2, 0.25) is 5.91 Å². The van der Waals surface area contributed by atoms with Crippen LogP contribution in [-0.2, 0) is 9.59 Å². The van der Waals surface area contributed by atoms with Crippen molar-refractivity contribution in [2.75, 3.05) is 7.11 Å². The summed E-state index contributed by atoms with van der Waals surface area (Å²) in [5.41, 5.74) is 9.43. The molecule has 1 aliphatic rings. The van der Waals surface area contributed by atoms with Crippen LogP contribution in [0.3, 0.4) is 0 Å². The third-order valence-electron chi connectivity index (χ3n) is 6.47. The lowest BCUT2D eigenvalue weighted by Crippen LogP contribution is -2.39. The molecule has 0 aliphatic carbocycles. The lowest BCUT2D eigenvalue weighted by Gasteiger charge is -2.25. The number of para-hydroxylation sites is 1. The zero-order valence-corrected chi connectivity index (χ0v) is 21.2. The minimum atomic E-state index is -1.02. The van der Waals surface area contributed by atoms with Crippen molar-refractivity contribution in [3.8, 4) is 22.7 Å². The van der Waals surface area contributed by atoms with Gasteiger partial charge in [-0.15, -0.1) is 0 Å². The summed E-state index contributed by atoms with van der Waals surface area (Å²) >= 11 is 0. The van der Waals surface area contributed by atoms with Crippen LogP contribution in [0, 0.1) is 6.92 Å². The van der Waals surface area contributed by atoms with Crippen molar-refractivity contribution in [2.45, 2.75) is 25.8 Å². The van der Waals surface area contributed by atoms with Gasteiger partial charge in [0.25, 0.3) is 0 Å². The molecule has 5 rings (SSSR count). The van der Waals surface area contributed by atoms with Crippen molar-refractivity contribution in [1.29, 1.82) is 0 Å². The number of rotatable bonds is 8.